The van der Waals surface area contributed by atoms with Crippen LogP contribution in [0.5, 0.6) is 0 Å². The van der Waals surface area contributed by atoms with Crippen LogP contribution < -0.4 is 49.4 Å². The lowest BCUT2D eigenvalue weighted by atomic mass is 10.1. The number of nitrogens with one attached hydrogen (secondary N) is 2. The summed E-state index contributed by atoms with van der Waals surface area (Å²) in [6.07, 6.45) is -3.55. The molecule has 3 unspecified atom stereocenters. The molecule has 4 aliphatic heterocycles. The van der Waals surface area contributed by atoms with E-state index in [2.05, 4.69) is 29.9 Å². The lowest BCUT2D eigenvalue weighted by molar-refractivity contribution is -0.219. The average molecular weight is 1190 g/mol. The number of aromatic nitrogens is 10. The summed E-state index contributed by atoms with van der Waals surface area (Å²) in [6.45, 7) is -8.73. The van der Waals surface area contributed by atoms with E-state index in [0.717, 1.165) is 9.13 Å². The molecular weight excluding hydrogens is 1140 g/mol. The second-order valence-electron chi connectivity index (χ2n) is 18.5. The number of nitrogens with two attached hydrogens (primary N) is 2. The molecule has 4 aliphatic rings. The first-order chi connectivity index (χ1) is 36.4. The van der Waals surface area contributed by atoms with Crippen LogP contribution in [-0.2, 0) is 86.5 Å². The Hall–Kier alpha value is -4.21. The summed E-state index contributed by atoms with van der Waals surface area (Å²) in [6, 6.07) is 0. The summed E-state index contributed by atoms with van der Waals surface area (Å²) in [5.41, 5.74) is 9.95. The molecule has 9 heterocycles. The molecule has 0 aliphatic carbocycles. The Morgan fingerprint density at radius 2 is 1.19 bits per heavy atom. The summed E-state index contributed by atoms with van der Waals surface area (Å²) in [5, 5.41) is 0. The number of imidazole rings is 1. The van der Waals surface area contributed by atoms with Gasteiger partial charge in [0.05, 0.1) is 56.7 Å². The van der Waals surface area contributed by atoms with Crippen molar-refractivity contribution in [3.63, 3.8) is 0 Å². The number of hydrogen-bond acceptors (Lipinski definition) is 27. The van der Waals surface area contributed by atoms with Gasteiger partial charge < -0.3 is 79.6 Å². The Morgan fingerprint density at radius 3 is 1.81 bits per heavy atom. The topological polar surface area (TPSA) is 396 Å². The number of nitrogen functional groups attached to an aromatic ring is 2. The normalized spacial score (nSPS) is 28.9. The minimum absolute atomic E-state index is 0.0306. The van der Waals surface area contributed by atoms with Gasteiger partial charge in [-0.05, 0) is 40.0 Å². The number of aryl methyl sites for hydroxylation is 3. The van der Waals surface area contributed by atoms with Crippen molar-refractivity contribution in [2.45, 2.75) is 134 Å². The maximum atomic E-state index is 14.2. The number of H-pyrrole nitrogens is 2. The molecule has 14 atom stereocenters. The molecule has 0 aromatic carbocycles. The minimum Gasteiger partial charge on any atom is -0.780 e. The van der Waals surface area contributed by atoms with Gasteiger partial charge >= 0.3 is 17.1 Å². The van der Waals surface area contributed by atoms with Gasteiger partial charge in [-0.25, -0.2) is 29.3 Å². The number of rotatable bonds is 20. The van der Waals surface area contributed by atoms with E-state index in [0.29, 0.717) is 36.0 Å². The van der Waals surface area contributed by atoms with Crippen LogP contribution >= 0.6 is 20.2 Å². The van der Waals surface area contributed by atoms with E-state index in [4.69, 9.17) is 93.4 Å². The second-order valence-corrected chi connectivity index (χ2v) is 26.6. The molecule has 6 N–H and O–H groups in total. The summed E-state index contributed by atoms with van der Waals surface area (Å²) in [5.74, 6) is 0.138. The number of fused-ring (bicyclic) bond motifs is 1. The summed E-state index contributed by atoms with van der Waals surface area (Å²) in [4.78, 5) is 112. The van der Waals surface area contributed by atoms with Gasteiger partial charge in [0.25, 0.3) is 11.1 Å². The molecule has 77 heavy (non-hydrogen) atoms. The Balaban J connectivity index is 0.879. The van der Waals surface area contributed by atoms with E-state index in [1.54, 1.807) is 11.5 Å². The highest BCUT2D eigenvalue weighted by Crippen LogP contribution is 2.53. The van der Waals surface area contributed by atoms with Gasteiger partial charge in [0.1, 0.15) is 68.2 Å². The Morgan fingerprint density at radius 1 is 0.675 bits per heavy atom. The van der Waals surface area contributed by atoms with Crippen LogP contribution in [0.1, 0.15) is 87.1 Å². The lowest BCUT2D eigenvalue weighted by Crippen LogP contribution is -2.34. The maximum absolute atomic E-state index is 14.2. The Kier molecular flexibility index (Phi) is 17.2. The zero-order valence-corrected chi connectivity index (χ0v) is 46.4. The van der Waals surface area contributed by atoms with Gasteiger partial charge in [-0.3, -0.25) is 42.4 Å². The molecule has 5 aromatic rings. The largest absolute Gasteiger partial charge is 0.780 e. The van der Waals surface area contributed by atoms with Crippen LogP contribution in [0.25, 0.3) is 11.2 Å². The van der Waals surface area contributed by atoms with E-state index >= 15 is 0 Å². The molecule has 4 fully saturated rings. The third kappa shape index (κ3) is 13.2. The van der Waals surface area contributed by atoms with Gasteiger partial charge in [-0.1, -0.05) is 30.5 Å². The highest BCUT2D eigenvalue weighted by atomic mass is 32.7. The zero-order valence-electron chi connectivity index (χ0n) is 41.2. The number of ether oxygens (including phenoxy) is 4. The van der Waals surface area contributed by atoms with Crippen molar-refractivity contribution in [3.8, 4) is 0 Å². The van der Waals surface area contributed by atoms with Gasteiger partial charge in [0.15, 0.2) is 18.3 Å². The maximum Gasteiger partial charge on any atom is 0.351 e. The van der Waals surface area contributed by atoms with E-state index in [1.807, 2.05) is 6.92 Å². The predicted molar refractivity (Wildman–Crippen MR) is 275 cm³/mol. The molecule has 0 bridgehead atoms. The molecule has 36 heteroatoms. The fourth-order valence-corrected chi connectivity index (χ4v) is 13.6. The van der Waals surface area contributed by atoms with Crippen molar-refractivity contribution in [3.05, 3.63) is 100 Å². The third-order valence-corrected chi connectivity index (χ3v) is 17.8. The molecule has 0 amide bonds. The third-order valence-electron chi connectivity index (χ3n) is 13.1. The van der Waals surface area contributed by atoms with Gasteiger partial charge in [0.2, 0.25) is 0 Å². The van der Waals surface area contributed by atoms with Crippen molar-refractivity contribution in [2.75, 3.05) is 31.3 Å². The highest BCUT2D eigenvalue weighted by Gasteiger charge is 2.44. The van der Waals surface area contributed by atoms with Crippen LogP contribution in [0.15, 0.2) is 55.2 Å². The Bertz CT molecular complexity index is 3490. The van der Waals surface area contributed by atoms with Crippen molar-refractivity contribution in [1.29, 1.82) is 0 Å². The number of hydrogen-bond donors (Lipinski definition) is 4. The molecule has 5 aromatic heterocycles. The summed E-state index contributed by atoms with van der Waals surface area (Å²) < 4.78 is 78.2. The quantitative estimate of drug-likeness (QED) is 0.0599. The monoisotopic (exact) mass is 1190 g/mol. The molecule has 0 saturated carbocycles. The highest BCUT2D eigenvalue weighted by molar-refractivity contribution is 8.32. The van der Waals surface area contributed by atoms with E-state index in [9.17, 15) is 38.3 Å². The molecule has 0 spiro atoms. The van der Waals surface area contributed by atoms with Crippen molar-refractivity contribution >= 4 is 78.9 Å². The van der Waals surface area contributed by atoms with Crippen molar-refractivity contribution in [2.24, 2.45) is 0 Å². The smallest absolute Gasteiger partial charge is 0.351 e. The fourth-order valence-electron chi connectivity index (χ4n) is 9.18. The first kappa shape index (κ1) is 57.5. The summed E-state index contributed by atoms with van der Waals surface area (Å²) >= 11 is 16.0. The fraction of sp³-hybridized carbons (Fsp3) is 0.585. The standard InChI is InChI=1S/C41H55N12O18P3S3/c1-5-23-24(8-32(66-23)53-18-46-33-35(43)44-17-45-36(33)53)69-73(60,76)63-15-28-26(10-31(68-28)52-13-21(4)38(55)49-41(52)58)71-74(61,77)64-16-27-25(9-30(67-27)51-11-19(2)34(42)47-39(51)56)70-72(59,75)62-14-22-6-7-29(65-22)50-12-20(3)37(54)48-40(50)57/h11-13,17-18,22-32H,5-10,14-16H2,1-4H3,(H,59,75)(H,60,76)(H,61,77)(H2,42,47,56)(H2,43,44,45)(H,48,54,57)(H,49,55,58)/p-3/t22-,23+,24+,25+,26+,27+,28+,29+,30+,31+,32+,72?,73?,74?/m0/s1. The van der Waals surface area contributed by atoms with Gasteiger partial charge in [0, 0.05) is 54.5 Å². The van der Waals surface area contributed by atoms with E-state index in [-0.39, 0.29) is 48.6 Å². The summed E-state index contributed by atoms with van der Waals surface area (Å²) in [7, 11) is 0. The first-order valence-corrected chi connectivity index (χ1v) is 31.5. The lowest BCUT2D eigenvalue weighted by Gasteiger charge is -2.35. The van der Waals surface area contributed by atoms with Crippen LogP contribution in [0, 0.1) is 20.8 Å². The molecule has 0 radical (unpaired) electrons. The predicted octanol–water partition coefficient (Wildman–Crippen LogP) is 0.253. The van der Waals surface area contributed by atoms with Crippen LogP contribution in [0.4, 0.5) is 11.6 Å². The second kappa shape index (κ2) is 23.1. The SMILES string of the molecule is CC[C@H]1O[C@@H](n2cnc3c(N)ncnc32)C[C@H]1OP(=O)([S-])OC[C@H]1O[C@@H](n2cc(C)c(=O)[nH]c2=O)C[C@H]1OP([O-])(=S)OC[C@H]1O[C@@H](n2cc(C)c(N)nc2=O)C[C@H]1OP([O-])(=S)OC[C@@H]1CC[C@H](n2cc(C)c(=O)[nH]c2=O)O1. The van der Waals surface area contributed by atoms with Crippen LogP contribution in [-0.4, -0.2) is 111 Å². The number of aromatic amines is 2. The average Bonchev–Trinajstić information content (AvgIpc) is 4.22. The van der Waals surface area contributed by atoms with Gasteiger partial charge in [-0.2, -0.15) is 4.98 Å². The number of anilines is 2. The molecule has 9 rings (SSSR count). The first-order valence-electron chi connectivity index (χ1n) is 23.8. The Labute approximate surface area is 450 Å². The minimum atomic E-state index is -4.68. The van der Waals surface area contributed by atoms with Crippen molar-refractivity contribution in [1.82, 2.24) is 48.2 Å². The molecular formula is C41H52N12O18P3S3-3. The number of nitrogens with zero attached hydrogens (tertiary/aromatic N) is 8. The van der Waals surface area contributed by atoms with Crippen LogP contribution in [0.3, 0.4) is 0 Å². The zero-order chi connectivity index (χ0) is 55.3. The van der Waals surface area contributed by atoms with E-state index < -0.39 is 129 Å². The molecule has 4 saturated heterocycles. The van der Waals surface area contributed by atoms with Gasteiger partial charge in [-0.15, -0.1) is 0 Å². The molecule has 420 valence electrons. The van der Waals surface area contributed by atoms with Crippen LogP contribution in [0.2, 0.25) is 0 Å². The molecule has 30 nitrogen and oxygen atoms in total. The van der Waals surface area contributed by atoms with Crippen molar-refractivity contribution < 1.29 is 60.4 Å². The van der Waals surface area contributed by atoms with E-state index in [1.165, 1.54) is 49.7 Å².